The highest BCUT2D eigenvalue weighted by Gasteiger charge is 2.34. The number of hydrazone groups is 1. The van der Waals surface area contributed by atoms with Crippen molar-refractivity contribution in [1.29, 1.82) is 0 Å². The Morgan fingerprint density at radius 3 is 2.47 bits per heavy atom. The van der Waals surface area contributed by atoms with E-state index in [2.05, 4.69) is 69.0 Å². The molecule has 0 saturated carbocycles. The predicted octanol–water partition coefficient (Wildman–Crippen LogP) is 3.93. The molecular weight excluding hydrogens is 374 g/mol. The van der Waals surface area contributed by atoms with Gasteiger partial charge in [-0.2, -0.15) is 5.10 Å². The summed E-state index contributed by atoms with van der Waals surface area (Å²) in [6, 6.07) is 12.9. The Bertz CT molecular complexity index is 976. The molecular formula is C25H31N3O2. The number of hydrogen-bond donors (Lipinski definition) is 0. The highest BCUT2D eigenvalue weighted by atomic mass is 16.5. The minimum Gasteiger partial charge on any atom is -0.379 e. The van der Waals surface area contributed by atoms with Crippen LogP contribution in [0.5, 0.6) is 0 Å². The maximum atomic E-state index is 13.3. The van der Waals surface area contributed by atoms with Crippen molar-refractivity contribution in [2.45, 2.75) is 40.2 Å². The van der Waals surface area contributed by atoms with E-state index in [1.807, 2.05) is 0 Å². The summed E-state index contributed by atoms with van der Waals surface area (Å²) in [6.45, 7) is 11.8. The summed E-state index contributed by atoms with van der Waals surface area (Å²) in [7, 11) is 0. The fourth-order valence-corrected chi connectivity index (χ4v) is 4.22. The van der Waals surface area contributed by atoms with Gasteiger partial charge < -0.3 is 4.74 Å². The number of amides is 1. The van der Waals surface area contributed by atoms with Crippen LogP contribution in [0.2, 0.25) is 0 Å². The number of rotatable bonds is 4. The lowest BCUT2D eigenvalue weighted by Gasteiger charge is -2.29. The van der Waals surface area contributed by atoms with Gasteiger partial charge in [0.15, 0.2) is 0 Å². The summed E-state index contributed by atoms with van der Waals surface area (Å²) in [5.41, 5.74) is 8.20. The molecule has 2 aliphatic heterocycles. The maximum Gasteiger partial charge on any atom is 0.257 e. The van der Waals surface area contributed by atoms with Crippen LogP contribution >= 0.6 is 0 Å². The third-order valence-electron chi connectivity index (χ3n) is 6.26. The van der Waals surface area contributed by atoms with Crippen LogP contribution in [0, 0.1) is 27.7 Å². The van der Waals surface area contributed by atoms with Gasteiger partial charge in [-0.25, -0.2) is 5.01 Å². The van der Waals surface area contributed by atoms with Crippen LogP contribution in [0.1, 0.15) is 45.8 Å². The van der Waals surface area contributed by atoms with Crippen molar-refractivity contribution < 1.29 is 9.53 Å². The molecule has 5 heteroatoms. The predicted molar refractivity (Wildman–Crippen MR) is 120 cm³/mol. The van der Waals surface area contributed by atoms with Crippen LogP contribution in [0.15, 0.2) is 41.5 Å². The number of benzene rings is 2. The van der Waals surface area contributed by atoms with Gasteiger partial charge in [0.2, 0.25) is 0 Å². The molecule has 1 saturated heterocycles. The standard InChI is InChI=1S/C25H31N3O2/c1-17-5-6-19(3)22(13-17)24-15-23(21-8-7-18(2)20(4)14-21)26-28(24)25(29)16-27-9-11-30-12-10-27/h5-8,13-14,24H,9-12,15-16H2,1-4H3. The molecule has 0 aliphatic carbocycles. The van der Waals surface area contributed by atoms with E-state index in [-0.39, 0.29) is 11.9 Å². The van der Waals surface area contributed by atoms with E-state index in [4.69, 9.17) is 9.84 Å². The van der Waals surface area contributed by atoms with Gasteiger partial charge in [-0.3, -0.25) is 9.69 Å². The number of ether oxygens (including phenoxy) is 1. The second-order valence-corrected chi connectivity index (χ2v) is 8.55. The molecule has 2 aromatic rings. The zero-order chi connectivity index (χ0) is 21.3. The van der Waals surface area contributed by atoms with Crippen LogP contribution in [0.25, 0.3) is 0 Å². The highest BCUT2D eigenvalue weighted by Crippen LogP contribution is 2.35. The van der Waals surface area contributed by atoms with Gasteiger partial charge >= 0.3 is 0 Å². The molecule has 2 aliphatic rings. The SMILES string of the molecule is Cc1ccc(C)c(C2CC(c3ccc(C)c(C)c3)=NN2C(=O)CN2CCOCC2)c1. The monoisotopic (exact) mass is 405 g/mol. The molecule has 1 unspecified atom stereocenters. The second kappa shape index (κ2) is 8.70. The molecule has 2 aromatic carbocycles. The number of carbonyl (C=O) groups excluding carboxylic acids is 1. The molecule has 158 valence electrons. The van der Waals surface area contributed by atoms with Crippen molar-refractivity contribution in [2.24, 2.45) is 5.10 Å². The molecule has 1 atom stereocenters. The van der Waals surface area contributed by atoms with Gasteiger partial charge in [0.25, 0.3) is 5.91 Å². The quantitative estimate of drug-likeness (QED) is 0.774. The van der Waals surface area contributed by atoms with E-state index in [0.29, 0.717) is 19.8 Å². The molecule has 5 nitrogen and oxygen atoms in total. The topological polar surface area (TPSA) is 45.1 Å². The first-order chi connectivity index (χ1) is 14.4. The molecule has 2 heterocycles. The smallest absolute Gasteiger partial charge is 0.257 e. The van der Waals surface area contributed by atoms with Gasteiger partial charge in [-0.15, -0.1) is 0 Å². The summed E-state index contributed by atoms with van der Waals surface area (Å²) in [5.74, 6) is 0.0571. The minimum absolute atomic E-state index is 0.0571. The van der Waals surface area contributed by atoms with E-state index in [1.165, 1.54) is 27.8 Å². The lowest BCUT2D eigenvalue weighted by atomic mass is 9.93. The maximum absolute atomic E-state index is 13.3. The minimum atomic E-state index is -0.0601. The van der Waals surface area contributed by atoms with Crippen molar-refractivity contribution in [3.05, 3.63) is 69.8 Å². The van der Waals surface area contributed by atoms with Crippen molar-refractivity contribution in [3.63, 3.8) is 0 Å². The molecule has 0 bridgehead atoms. The van der Waals surface area contributed by atoms with Crippen molar-refractivity contribution >= 4 is 11.6 Å². The first kappa shape index (κ1) is 20.8. The fourth-order valence-electron chi connectivity index (χ4n) is 4.22. The zero-order valence-corrected chi connectivity index (χ0v) is 18.4. The lowest BCUT2D eigenvalue weighted by Crippen LogP contribution is -2.43. The lowest BCUT2D eigenvalue weighted by molar-refractivity contribution is -0.135. The number of morpholine rings is 1. The Hall–Kier alpha value is -2.50. The van der Waals surface area contributed by atoms with Gasteiger partial charge in [0, 0.05) is 19.5 Å². The third kappa shape index (κ3) is 4.32. The third-order valence-corrected chi connectivity index (χ3v) is 6.26. The Kier molecular flexibility index (Phi) is 6.02. The van der Waals surface area contributed by atoms with Gasteiger partial charge in [0.1, 0.15) is 0 Å². The number of carbonyl (C=O) groups is 1. The Labute approximate surface area is 179 Å². The van der Waals surface area contributed by atoms with E-state index >= 15 is 0 Å². The first-order valence-electron chi connectivity index (χ1n) is 10.8. The number of hydrogen-bond acceptors (Lipinski definition) is 4. The first-order valence-corrected chi connectivity index (χ1v) is 10.8. The van der Waals surface area contributed by atoms with E-state index in [0.717, 1.165) is 30.8 Å². The highest BCUT2D eigenvalue weighted by molar-refractivity contribution is 6.03. The largest absolute Gasteiger partial charge is 0.379 e. The van der Waals surface area contributed by atoms with E-state index in [9.17, 15) is 4.79 Å². The summed E-state index contributed by atoms with van der Waals surface area (Å²) in [4.78, 5) is 15.5. The normalized spacial score (nSPS) is 19.8. The van der Waals surface area contributed by atoms with Crippen molar-refractivity contribution in [1.82, 2.24) is 9.91 Å². The van der Waals surface area contributed by atoms with Crippen molar-refractivity contribution in [3.8, 4) is 0 Å². The molecule has 0 aromatic heterocycles. The number of nitrogens with zero attached hydrogens (tertiary/aromatic N) is 3. The summed E-state index contributed by atoms with van der Waals surface area (Å²) in [6.07, 6.45) is 0.738. The van der Waals surface area contributed by atoms with Gasteiger partial charge in [-0.05, 0) is 61.6 Å². The van der Waals surface area contributed by atoms with Crippen molar-refractivity contribution in [2.75, 3.05) is 32.8 Å². The second-order valence-electron chi connectivity index (χ2n) is 8.55. The van der Waals surface area contributed by atoms with Gasteiger partial charge in [-0.1, -0.05) is 35.9 Å². The molecule has 0 radical (unpaired) electrons. The summed E-state index contributed by atoms with van der Waals surface area (Å²) in [5, 5.41) is 6.60. The van der Waals surface area contributed by atoms with Crippen LogP contribution < -0.4 is 0 Å². The molecule has 30 heavy (non-hydrogen) atoms. The average molecular weight is 406 g/mol. The zero-order valence-electron chi connectivity index (χ0n) is 18.4. The Balaban J connectivity index is 1.66. The van der Waals surface area contributed by atoms with Crippen LogP contribution in [0.4, 0.5) is 0 Å². The van der Waals surface area contributed by atoms with Crippen LogP contribution in [-0.4, -0.2) is 54.4 Å². The molecule has 1 fully saturated rings. The van der Waals surface area contributed by atoms with E-state index < -0.39 is 0 Å². The molecule has 4 rings (SSSR count). The van der Waals surface area contributed by atoms with E-state index in [1.54, 1.807) is 5.01 Å². The van der Waals surface area contributed by atoms with Crippen LogP contribution in [-0.2, 0) is 9.53 Å². The summed E-state index contributed by atoms with van der Waals surface area (Å²) < 4.78 is 5.43. The Morgan fingerprint density at radius 2 is 1.73 bits per heavy atom. The number of aryl methyl sites for hydroxylation is 4. The average Bonchev–Trinajstić information content (AvgIpc) is 3.18. The molecule has 0 spiro atoms. The Morgan fingerprint density at radius 1 is 1.00 bits per heavy atom. The van der Waals surface area contributed by atoms with Crippen LogP contribution in [0.3, 0.4) is 0 Å². The summed E-state index contributed by atoms with van der Waals surface area (Å²) >= 11 is 0. The molecule has 0 N–H and O–H groups in total. The molecule has 1 amide bonds. The van der Waals surface area contributed by atoms with Gasteiger partial charge in [0.05, 0.1) is 31.5 Å². The fraction of sp³-hybridized carbons (Fsp3) is 0.440.